The molecule has 0 unspecified atom stereocenters. The van der Waals surface area contributed by atoms with Crippen molar-refractivity contribution < 1.29 is 18.7 Å². The Kier molecular flexibility index (Phi) is 8.07. The molecule has 0 atom stereocenters. The predicted molar refractivity (Wildman–Crippen MR) is 148 cm³/mol. The minimum absolute atomic E-state index is 0.0314. The van der Waals surface area contributed by atoms with E-state index in [1.54, 1.807) is 40.1 Å². The van der Waals surface area contributed by atoms with Gasteiger partial charge in [-0.15, -0.1) is 0 Å². The van der Waals surface area contributed by atoms with Gasteiger partial charge >= 0.3 is 0 Å². The van der Waals surface area contributed by atoms with Crippen LogP contribution in [0.1, 0.15) is 15.9 Å². The summed E-state index contributed by atoms with van der Waals surface area (Å²) >= 11 is 12.3. The van der Waals surface area contributed by atoms with Crippen molar-refractivity contribution >= 4 is 41.1 Å². The Morgan fingerprint density at radius 3 is 2.38 bits per heavy atom. The van der Waals surface area contributed by atoms with Crippen LogP contribution in [0.15, 0.2) is 84.7 Å². The standard InChI is InChI=1S/C29H23Cl2FN4O3/c30-21-8-11-24(25(31)17-21)28(37)33-26(29(38)35-12-14-39-15-13-35)16-20-18-36(23-4-2-1-3-5-23)34-27(20)19-6-9-22(32)10-7-19/h1-11,16-18H,12-15H2,(H,33,37)/b26-16-. The fraction of sp³-hybridized carbons (Fsp3) is 0.138. The molecule has 1 aliphatic rings. The Labute approximate surface area is 234 Å². The molecule has 0 saturated carbocycles. The number of nitrogens with zero attached hydrogens (tertiary/aromatic N) is 3. The molecule has 4 aromatic rings. The molecule has 1 saturated heterocycles. The van der Waals surface area contributed by atoms with Crippen LogP contribution in [0.3, 0.4) is 0 Å². The van der Waals surface area contributed by atoms with E-state index < -0.39 is 5.91 Å². The molecule has 1 aliphatic heterocycles. The van der Waals surface area contributed by atoms with Crippen molar-refractivity contribution in [3.63, 3.8) is 0 Å². The molecule has 39 heavy (non-hydrogen) atoms. The van der Waals surface area contributed by atoms with E-state index in [0.29, 0.717) is 48.1 Å². The van der Waals surface area contributed by atoms with Crippen LogP contribution in [0.2, 0.25) is 10.0 Å². The van der Waals surface area contributed by atoms with Gasteiger partial charge in [-0.25, -0.2) is 9.07 Å². The maximum absolute atomic E-state index is 13.7. The molecular weight excluding hydrogens is 542 g/mol. The number of aromatic nitrogens is 2. The summed E-state index contributed by atoms with van der Waals surface area (Å²) in [6, 6.07) is 19.8. The van der Waals surface area contributed by atoms with Crippen LogP contribution in [-0.2, 0) is 9.53 Å². The van der Waals surface area contributed by atoms with Gasteiger partial charge in [0.25, 0.3) is 11.8 Å². The van der Waals surface area contributed by atoms with Gasteiger partial charge in [0.15, 0.2) is 0 Å². The van der Waals surface area contributed by atoms with Crippen LogP contribution in [0.4, 0.5) is 4.39 Å². The molecule has 1 N–H and O–H groups in total. The zero-order valence-corrected chi connectivity index (χ0v) is 22.1. The van der Waals surface area contributed by atoms with E-state index in [9.17, 15) is 14.0 Å². The lowest BCUT2D eigenvalue weighted by molar-refractivity contribution is -0.131. The second-order valence-electron chi connectivity index (χ2n) is 8.76. The van der Waals surface area contributed by atoms with Crippen molar-refractivity contribution in [2.45, 2.75) is 0 Å². The summed E-state index contributed by atoms with van der Waals surface area (Å²) in [6.07, 6.45) is 3.33. The van der Waals surface area contributed by atoms with Crippen LogP contribution in [-0.4, -0.2) is 52.8 Å². The van der Waals surface area contributed by atoms with Gasteiger partial charge in [0.05, 0.1) is 29.5 Å². The summed E-state index contributed by atoms with van der Waals surface area (Å²) in [5.41, 5.74) is 2.68. The van der Waals surface area contributed by atoms with Gasteiger partial charge in [0.1, 0.15) is 17.2 Å². The monoisotopic (exact) mass is 564 g/mol. The average molecular weight is 565 g/mol. The van der Waals surface area contributed by atoms with E-state index in [4.69, 9.17) is 33.0 Å². The first kappa shape index (κ1) is 26.6. The van der Waals surface area contributed by atoms with Crippen LogP contribution >= 0.6 is 23.2 Å². The zero-order valence-electron chi connectivity index (χ0n) is 20.6. The highest BCUT2D eigenvalue weighted by molar-refractivity contribution is 6.36. The van der Waals surface area contributed by atoms with Gasteiger partial charge in [-0.3, -0.25) is 9.59 Å². The van der Waals surface area contributed by atoms with Gasteiger partial charge in [-0.1, -0.05) is 41.4 Å². The molecule has 5 rings (SSSR count). The number of hydrogen-bond acceptors (Lipinski definition) is 4. The van der Waals surface area contributed by atoms with Crippen molar-refractivity contribution in [1.82, 2.24) is 20.0 Å². The maximum atomic E-state index is 13.7. The van der Waals surface area contributed by atoms with Crippen molar-refractivity contribution in [3.8, 4) is 16.9 Å². The summed E-state index contributed by atoms with van der Waals surface area (Å²) < 4.78 is 20.7. The fourth-order valence-electron chi connectivity index (χ4n) is 4.14. The van der Waals surface area contributed by atoms with Crippen LogP contribution in [0, 0.1) is 5.82 Å². The molecule has 0 bridgehead atoms. The first-order valence-electron chi connectivity index (χ1n) is 12.2. The smallest absolute Gasteiger partial charge is 0.270 e. The number of rotatable bonds is 6. The van der Waals surface area contributed by atoms with Crippen molar-refractivity contribution in [3.05, 3.63) is 112 Å². The van der Waals surface area contributed by atoms with E-state index in [1.807, 2.05) is 30.3 Å². The Morgan fingerprint density at radius 1 is 0.974 bits per heavy atom. The molecule has 3 aromatic carbocycles. The van der Waals surface area contributed by atoms with Gasteiger partial charge in [0, 0.05) is 35.4 Å². The number of halogens is 3. The highest BCUT2D eigenvalue weighted by Crippen LogP contribution is 2.27. The number of carbonyl (C=O) groups is 2. The quantitative estimate of drug-likeness (QED) is 0.308. The predicted octanol–water partition coefficient (Wildman–Crippen LogP) is 5.61. The Bertz CT molecular complexity index is 1530. The summed E-state index contributed by atoms with van der Waals surface area (Å²) in [6.45, 7) is 1.54. The van der Waals surface area contributed by atoms with Crippen molar-refractivity contribution in [1.29, 1.82) is 0 Å². The number of carbonyl (C=O) groups excluding carboxylic acids is 2. The van der Waals surface area contributed by atoms with Gasteiger partial charge < -0.3 is 15.0 Å². The number of benzene rings is 3. The maximum Gasteiger partial charge on any atom is 0.270 e. The Balaban J connectivity index is 1.60. The third kappa shape index (κ3) is 6.20. The molecule has 2 amide bonds. The minimum Gasteiger partial charge on any atom is -0.378 e. The molecule has 1 aromatic heterocycles. The van der Waals surface area contributed by atoms with E-state index in [-0.39, 0.29) is 28.0 Å². The number of amides is 2. The summed E-state index contributed by atoms with van der Waals surface area (Å²) in [4.78, 5) is 28.5. The van der Waals surface area contributed by atoms with Crippen molar-refractivity contribution in [2.24, 2.45) is 0 Å². The van der Waals surface area contributed by atoms with Gasteiger partial charge in [-0.2, -0.15) is 5.10 Å². The van der Waals surface area contributed by atoms with E-state index in [2.05, 4.69) is 5.32 Å². The number of para-hydroxylation sites is 1. The largest absolute Gasteiger partial charge is 0.378 e. The van der Waals surface area contributed by atoms with E-state index >= 15 is 0 Å². The lowest BCUT2D eigenvalue weighted by Gasteiger charge is -2.28. The zero-order chi connectivity index (χ0) is 27.4. The first-order valence-corrected chi connectivity index (χ1v) is 12.9. The van der Waals surface area contributed by atoms with Crippen LogP contribution in [0.5, 0.6) is 0 Å². The number of ether oxygens (including phenoxy) is 1. The molecule has 0 aliphatic carbocycles. The summed E-state index contributed by atoms with van der Waals surface area (Å²) in [7, 11) is 0. The fourth-order valence-corrected chi connectivity index (χ4v) is 4.64. The van der Waals surface area contributed by atoms with Gasteiger partial charge in [0.2, 0.25) is 0 Å². The molecular formula is C29H23Cl2FN4O3. The molecule has 0 radical (unpaired) electrons. The second-order valence-corrected chi connectivity index (χ2v) is 9.60. The average Bonchev–Trinajstić information content (AvgIpc) is 3.37. The number of morpholine rings is 1. The summed E-state index contributed by atoms with van der Waals surface area (Å²) in [5, 5.41) is 8.00. The normalized spacial score (nSPS) is 13.8. The first-order chi connectivity index (χ1) is 18.9. The van der Waals surface area contributed by atoms with Gasteiger partial charge in [-0.05, 0) is 60.7 Å². The van der Waals surface area contributed by atoms with Crippen LogP contribution < -0.4 is 5.32 Å². The van der Waals surface area contributed by atoms with E-state index in [1.165, 1.54) is 24.3 Å². The Hall–Kier alpha value is -3.98. The lowest BCUT2D eigenvalue weighted by atomic mass is 10.1. The molecule has 0 spiro atoms. The molecule has 1 fully saturated rings. The summed E-state index contributed by atoms with van der Waals surface area (Å²) in [5.74, 6) is -1.33. The third-order valence-electron chi connectivity index (χ3n) is 6.13. The topological polar surface area (TPSA) is 76.5 Å². The van der Waals surface area contributed by atoms with Crippen molar-refractivity contribution in [2.75, 3.05) is 26.3 Å². The highest BCUT2D eigenvalue weighted by Gasteiger charge is 2.24. The van der Waals surface area contributed by atoms with E-state index in [0.717, 1.165) is 5.69 Å². The molecule has 198 valence electrons. The van der Waals surface area contributed by atoms with Crippen LogP contribution in [0.25, 0.3) is 23.0 Å². The highest BCUT2D eigenvalue weighted by atomic mass is 35.5. The SMILES string of the molecule is O=C(N/C(=C\c1cn(-c2ccccc2)nc1-c1ccc(F)cc1)C(=O)N1CCOCC1)c1ccc(Cl)cc1Cl. The third-order valence-corrected chi connectivity index (χ3v) is 6.68. The molecule has 10 heteroatoms. The number of hydrogen-bond donors (Lipinski definition) is 1. The lowest BCUT2D eigenvalue weighted by Crippen LogP contribution is -2.44. The Morgan fingerprint density at radius 2 is 1.69 bits per heavy atom. The molecule has 7 nitrogen and oxygen atoms in total. The minimum atomic E-state index is -0.566. The molecule has 2 heterocycles. The second kappa shape index (κ2) is 11.8. The number of nitrogens with one attached hydrogen (secondary N) is 1.